The maximum Gasteiger partial charge on any atom is 0.233 e. The third kappa shape index (κ3) is 3.20. The van der Waals surface area contributed by atoms with Gasteiger partial charge in [0.05, 0.1) is 11.4 Å². The molecule has 1 saturated carbocycles. The molecule has 0 radical (unpaired) electrons. The molecule has 0 amide bonds. The fourth-order valence-corrected chi connectivity index (χ4v) is 3.16. The van der Waals surface area contributed by atoms with Crippen LogP contribution in [0.2, 0.25) is 0 Å². The van der Waals surface area contributed by atoms with Crippen molar-refractivity contribution in [2.45, 2.75) is 12.8 Å². The number of rotatable bonds is 5. The number of amidine groups is 1. The first-order valence-corrected chi connectivity index (χ1v) is 7.07. The Bertz CT molecular complexity index is 535. The molecule has 0 unspecified atom stereocenters. The summed E-state index contributed by atoms with van der Waals surface area (Å²) in [5.41, 5.74) is 6.18. The van der Waals surface area contributed by atoms with Gasteiger partial charge in [-0.3, -0.25) is 10.1 Å². The summed E-state index contributed by atoms with van der Waals surface area (Å²) < 4.78 is 26.1. The number of nitrogen functional groups attached to an aromatic ring is 1. The lowest BCUT2D eigenvalue weighted by Crippen LogP contribution is -2.21. The van der Waals surface area contributed by atoms with Crippen LogP contribution in [0.15, 0.2) is 24.3 Å². The number of benzene rings is 1. The number of hydrogen-bond donors (Lipinski definition) is 3. The van der Waals surface area contributed by atoms with E-state index in [0.29, 0.717) is 11.3 Å². The van der Waals surface area contributed by atoms with Gasteiger partial charge in [-0.25, -0.2) is 8.42 Å². The summed E-state index contributed by atoms with van der Waals surface area (Å²) in [5.74, 6) is 0.297. The van der Waals surface area contributed by atoms with Crippen LogP contribution in [-0.2, 0) is 10.0 Å². The normalized spacial score (nSPS) is 15.5. The number of anilines is 1. The molecular formula is C11H15N3O2S. The Hall–Kier alpha value is -1.56. The Kier molecular flexibility index (Phi) is 3.06. The average molecular weight is 253 g/mol. The zero-order chi connectivity index (χ0) is 12.5. The second-order valence-corrected chi connectivity index (χ2v) is 6.05. The summed E-state index contributed by atoms with van der Waals surface area (Å²) in [7, 11) is -3.33. The van der Waals surface area contributed by atoms with Gasteiger partial charge in [-0.15, -0.1) is 0 Å². The molecule has 1 aromatic rings. The molecule has 0 atom stereocenters. The molecule has 1 fully saturated rings. The molecule has 1 aliphatic carbocycles. The zero-order valence-electron chi connectivity index (χ0n) is 9.31. The van der Waals surface area contributed by atoms with E-state index in [-0.39, 0.29) is 17.5 Å². The Morgan fingerprint density at radius 3 is 2.65 bits per heavy atom. The number of nitrogens with one attached hydrogen (secondary N) is 2. The van der Waals surface area contributed by atoms with Crippen molar-refractivity contribution >= 4 is 21.5 Å². The molecule has 17 heavy (non-hydrogen) atoms. The van der Waals surface area contributed by atoms with Gasteiger partial charge < -0.3 is 5.73 Å². The Balaban J connectivity index is 2.20. The van der Waals surface area contributed by atoms with Crippen molar-refractivity contribution in [1.82, 2.24) is 0 Å². The second-order valence-electron chi connectivity index (χ2n) is 4.29. The molecule has 1 aromatic carbocycles. The molecule has 5 nitrogen and oxygen atoms in total. The summed E-state index contributed by atoms with van der Waals surface area (Å²) >= 11 is 0. The summed E-state index contributed by atoms with van der Waals surface area (Å²) in [4.78, 5) is 0. The van der Waals surface area contributed by atoms with Crippen LogP contribution in [0.4, 0.5) is 5.69 Å². The summed E-state index contributed by atoms with van der Waals surface area (Å²) in [6, 6.07) is 6.66. The van der Waals surface area contributed by atoms with Gasteiger partial charge >= 0.3 is 0 Å². The Morgan fingerprint density at radius 1 is 1.41 bits per heavy atom. The number of nitrogens with two attached hydrogens (primary N) is 1. The van der Waals surface area contributed by atoms with Gasteiger partial charge in [0.15, 0.2) is 0 Å². The SMILES string of the molecule is N=C(N)c1ccccc1NS(=O)(=O)CC1CC1. The van der Waals surface area contributed by atoms with Gasteiger partial charge in [0, 0.05) is 5.56 Å². The number of para-hydroxylation sites is 1. The maximum absolute atomic E-state index is 11.8. The smallest absolute Gasteiger partial charge is 0.233 e. The van der Waals surface area contributed by atoms with Gasteiger partial charge in [-0.1, -0.05) is 12.1 Å². The molecule has 0 saturated heterocycles. The maximum atomic E-state index is 11.8. The molecule has 0 aliphatic heterocycles. The van der Waals surface area contributed by atoms with Crippen LogP contribution >= 0.6 is 0 Å². The molecular weight excluding hydrogens is 238 g/mol. The van der Waals surface area contributed by atoms with Crippen LogP contribution < -0.4 is 10.5 Å². The van der Waals surface area contributed by atoms with Crippen molar-refractivity contribution in [2.24, 2.45) is 11.7 Å². The quantitative estimate of drug-likeness (QED) is 0.542. The molecule has 4 N–H and O–H groups in total. The minimum Gasteiger partial charge on any atom is -0.384 e. The Morgan fingerprint density at radius 2 is 2.06 bits per heavy atom. The molecule has 0 bridgehead atoms. The van der Waals surface area contributed by atoms with Crippen LogP contribution in [0.1, 0.15) is 18.4 Å². The van der Waals surface area contributed by atoms with Crippen LogP contribution in [0.3, 0.4) is 0 Å². The third-order valence-corrected chi connectivity index (χ3v) is 4.08. The van der Waals surface area contributed by atoms with E-state index in [0.717, 1.165) is 12.8 Å². The molecule has 0 aromatic heterocycles. The van der Waals surface area contributed by atoms with E-state index in [2.05, 4.69) is 4.72 Å². The lowest BCUT2D eigenvalue weighted by atomic mass is 10.2. The van der Waals surface area contributed by atoms with E-state index in [1.54, 1.807) is 24.3 Å². The largest absolute Gasteiger partial charge is 0.384 e. The number of hydrogen-bond acceptors (Lipinski definition) is 3. The monoisotopic (exact) mass is 253 g/mol. The standard InChI is InChI=1S/C11H15N3O2S/c12-11(13)9-3-1-2-4-10(9)14-17(15,16)7-8-5-6-8/h1-4,8,14H,5-7H2,(H3,12,13). The van der Waals surface area contributed by atoms with Crippen molar-refractivity contribution in [2.75, 3.05) is 10.5 Å². The highest BCUT2D eigenvalue weighted by Gasteiger charge is 2.28. The fraction of sp³-hybridized carbons (Fsp3) is 0.364. The average Bonchev–Trinajstić information content (AvgIpc) is 3.00. The summed E-state index contributed by atoms with van der Waals surface area (Å²) in [6.45, 7) is 0. The first-order valence-electron chi connectivity index (χ1n) is 5.42. The molecule has 92 valence electrons. The lowest BCUT2D eigenvalue weighted by molar-refractivity contribution is 0.597. The van der Waals surface area contributed by atoms with Gasteiger partial charge in [0.1, 0.15) is 5.84 Å². The van der Waals surface area contributed by atoms with Crippen LogP contribution in [0.25, 0.3) is 0 Å². The van der Waals surface area contributed by atoms with Gasteiger partial charge in [0.2, 0.25) is 10.0 Å². The van der Waals surface area contributed by atoms with Crippen LogP contribution in [-0.4, -0.2) is 20.0 Å². The number of sulfonamides is 1. The minimum atomic E-state index is -3.33. The molecule has 6 heteroatoms. The van der Waals surface area contributed by atoms with Gasteiger partial charge in [-0.2, -0.15) is 0 Å². The van der Waals surface area contributed by atoms with Crippen molar-refractivity contribution in [1.29, 1.82) is 5.41 Å². The van der Waals surface area contributed by atoms with E-state index in [1.165, 1.54) is 0 Å². The predicted molar refractivity (Wildman–Crippen MR) is 67.6 cm³/mol. The first-order chi connectivity index (χ1) is 7.98. The lowest BCUT2D eigenvalue weighted by Gasteiger charge is -2.11. The molecule has 0 spiro atoms. The second kappa shape index (κ2) is 4.37. The highest BCUT2D eigenvalue weighted by Crippen LogP contribution is 2.30. The van der Waals surface area contributed by atoms with Gasteiger partial charge in [-0.05, 0) is 30.9 Å². The minimum absolute atomic E-state index is 0.144. The Labute approximate surface area is 101 Å². The zero-order valence-corrected chi connectivity index (χ0v) is 10.1. The van der Waals surface area contributed by atoms with Crippen LogP contribution in [0, 0.1) is 11.3 Å². The van der Waals surface area contributed by atoms with Gasteiger partial charge in [0.25, 0.3) is 0 Å². The van der Waals surface area contributed by atoms with Crippen LogP contribution in [0.5, 0.6) is 0 Å². The van der Waals surface area contributed by atoms with E-state index in [9.17, 15) is 8.42 Å². The van der Waals surface area contributed by atoms with E-state index >= 15 is 0 Å². The molecule has 1 aliphatic rings. The predicted octanol–water partition coefficient (Wildman–Crippen LogP) is 1.12. The fourth-order valence-electron chi connectivity index (χ4n) is 1.61. The highest BCUT2D eigenvalue weighted by atomic mass is 32.2. The highest BCUT2D eigenvalue weighted by molar-refractivity contribution is 7.92. The van der Waals surface area contributed by atoms with E-state index in [1.807, 2.05) is 0 Å². The summed E-state index contributed by atoms with van der Waals surface area (Å²) in [6.07, 6.45) is 1.96. The third-order valence-electron chi connectivity index (χ3n) is 2.63. The first kappa shape index (κ1) is 11.9. The summed E-state index contributed by atoms with van der Waals surface area (Å²) in [5, 5.41) is 7.38. The van der Waals surface area contributed by atoms with E-state index < -0.39 is 10.0 Å². The molecule has 2 rings (SSSR count). The van der Waals surface area contributed by atoms with E-state index in [4.69, 9.17) is 11.1 Å². The van der Waals surface area contributed by atoms with Crippen molar-refractivity contribution < 1.29 is 8.42 Å². The topological polar surface area (TPSA) is 96.0 Å². The van der Waals surface area contributed by atoms with Crippen molar-refractivity contribution in [3.63, 3.8) is 0 Å². The molecule has 0 heterocycles. The van der Waals surface area contributed by atoms with Crippen molar-refractivity contribution in [3.05, 3.63) is 29.8 Å². The van der Waals surface area contributed by atoms with Crippen molar-refractivity contribution in [3.8, 4) is 0 Å².